The number of Topliss-reactive ketones (excluding diaryl/α,β-unsaturated/α-hetero) is 1. The standard InChI is InChI=1S/C28H29NO5S/c1-15(2)20-14-21(17(4)13-22(20)34-6)25(30)23-24(27-16(3)11-12-35-27)29(28(32)26(23)31)18-7-9-19(33-5)10-8-18/h7-15,24,30H,1-6H3/b25-23+. The number of ether oxygens (including phenoxy) is 2. The largest absolute Gasteiger partial charge is 0.507 e. The first kappa shape index (κ1) is 24.5. The molecule has 35 heavy (non-hydrogen) atoms. The molecule has 2 aromatic carbocycles. The van der Waals surface area contributed by atoms with Gasteiger partial charge in [0.15, 0.2) is 0 Å². The number of aliphatic hydroxyl groups excluding tert-OH is 1. The minimum Gasteiger partial charge on any atom is -0.507 e. The van der Waals surface area contributed by atoms with E-state index in [4.69, 9.17) is 9.47 Å². The maximum Gasteiger partial charge on any atom is 0.300 e. The summed E-state index contributed by atoms with van der Waals surface area (Å²) in [7, 11) is 3.18. The number of hydrogen-bond donors (Lipinski definition) is 1. The molecule has 1 unspecified atom stereocenters. The van der Waals surface area contributed by atoms with Gasteiger partial charge in [0.1, 0.15) is 23.3 Å². The summed E-state index contributed by atoms with van der Waals surface area (Å²) < 4.78 is 10.8. The SMILES string of the molecule is COc1ccc(N2C(=O)C(=O)/C(=C(/O)c3cc(C(C)C)c(OC)cc3C)C2c2sccc2C)cc1. The van der Waals surface area contributed by atoms with Crippen molar-refractivity contribution in [2.24, 2.45) is 0 Å². The van der Waals surface area contributed by atoms with E-state index in [2.05, 4.69) is 0 Å². The molecule has 1 N–H and O–H groups in total. The second kappa shape index (κ2) is 9.58. The van der Waals surface area contributed by atoms with Gasteiger partial charge in [-0.3, -0.25) is 14.5 Å². The number of ketones is 1. The normalized spacial score (nSPS) is 17.3. The summed E-state index contributed by atoms with van der Waals surface area (Å²) in [6.07, 6.45) is 0. The van der Waals surface area contributed by atoms with Gasteiger partial charge in [0.05, 0.1) is 19.8 Å². The summed E-state index contributed by atoms with van der Waals surface area (Å²) in [5, 5.41) is 13.5. The molecule has 7 heteroatoms. The number of carbonyl (C=O) groups excluding carboxylic acids is 2. The van der Waals surface area contributed by atoms with E-state index in [0.717, 1.165) is 27.3 Å². The van der Waals surface area contributed by atoms with Gasteiger partial charge < -0.3 is 14.6 Å². The van der Waals surface area contributed by atoms with Crippen molar-refractivity contribution in [3.63, 3.8) is 0 Å². The van der Waals surface area contributed by atoms with Gasteiger partial charge in [-0.25, -0.2) is 0 Å². The van der Waals surface area contributed by atoms with Crippen LogP contribution in [0, 0.1) is 13.8 Å². The first-order chi connectivity index (χ1) is 16.7. The molecule has 1 aliphatic rings. The summed E-state index contributed by atoms with van der Waals surface area (Å²) in [4.78, 5) is 29.1. The molecule has 182 valence electrons. The van der Waals surface area contributed by atoms with Crippen LogP contribution in [0.2, 0.25) is 0 Å². The smallest absolute Gasteiger partial charge is 0.300 e. The molecule has 0 radical (unpaired) electrons. The fourth-order valence-corrected chi connectivity index (χ4v) is 5.51. The molecule has 0 aliphatic carbocycles. The predicted molar refractivity (Wildman–Crippen MR) is 139 cm³/mol. The van der Waals surface area contributed by atoms with Crippen molar-refractivity contribution >= 4 is 34.5 Å². The van der Waals surface area contributed by atoms with Crippen molar-refractivity contribution in [2.75, 3.05) is 19.1 Å². The third-order valence-electron chi connectivity index (χ3n) is 6.40. The van der Waals surface area contributed by atoms with Crippen molar-refractivity contribution < 1.29 is 24.2 Å². The molecule has 1 fully saturated rings. The minimum atomic E-state index is -0.743. The molecule has 6 nitrogen and oxygen atoms in total. The summed E-state index contributed by atoms with van der Waals surface area (Å²) in [6.45, 7) is 7.87. The fourth-order valence-electron chi connectivity index (χ4n) is 4.48. The zero-order valence-corrected chi connectivity index (χ0v) is 21.5. The summed E-state index contributed by atoms with van der Waals surface area (Å²) >= 11 is 1.46. The Bertz CT molecular complexity index is 1320. The Balaban J connectivity index is 1.96. The molecule has 1 amide bonds. The van der Waals surface area contributed by atoms with Gasteiger partial charge in [-0.1, -0.05) is 13.8 Å². The first-order valence-electron chi connectivity index (χ1n) is 11.4. The van der Waals surface area contributed by atoms with Crippen LogP contribution in [0.3, 0.4) is 0 Å². The van der Waals surface area contributed by atoms with Crippen LogP contribution in [-0.4, -0.2) is 31.0 Å². The van der Waals surface area contributed by atoms with Crippen LogP contribution < -0.4 is 14.4 Å². The molecule has 0 bridgehead atoms. The number of carbonyl (C=O) groups is 2. The third kappa shape index (κ3) is 4.21. The quantitative estimate of drug-likeness (QED) is 0.255. The average molecular weight is 492 g/mol. The zero-order valence-electron chi connectivity index (χ0n) is 20.7. The van der Waals surface area contributed by atoms with Gasteiger partial charge in [-0.15, -0.1) is 11.3 Å². The van der Waals surface area contributed by atoms with Crippen LogP contribution in [0.4, 0.5) is 5.69 Å². The molecule has 0 spiro atoms. The number of thiophene rings is 1. The topological polar surface area (TPSA) is 76.1 Å². The lowest BCUT2D eigenvalue weighted by molar-refractivity contribution is -0.132. The number of rotatable bonds is 6. The fraction of sp³-hybridized carbons (Fsp3) is 0.286. The maximum absolute atomic E-state index is 13.4. The van der Waals surface area contributed by atoms with E-state index < -0.39 is 17.7 Å². The lowest BCUT2D eigenvalue weighted by Crippen LogP contribution is -2.29. The molecule has 4 rings (SSSR count). The molecular weight excluding hydrogens is 462 g/mol. The molecule has 2 heterocycles. The third-order valence-corrected chi connectivity index (χ3v) is 7.47. The van der Waals surface area contributed by atoms with E-state index in [0.29, 0.717) is 17.0 Å². The van der Waals surface area contributed by atoms with Gasteiger partial charge in [0.2, 0.25) is 0 Å². The summed E-state index contributed by atoms with van der Waals surface area (Å²) in [5.74, 6) is -0.0711. The highest BCUT2D eigenvalue weighted by Gasteiger charge is 2.48. The van der Waals surface area contributed by atoms with E-state index >= 15 is 0 Å². The molecule has 1 atom stereocenters. The van der Waals surface area contributed by atoms with E-state index in [1.165, 1.54) is 16.2 Å². The van der Waals surface area contributed by atoms with Crippen LogP contribution in [-0.2, 0) is 9.59 Å². The Morgan fingerprint density at radius 1 is 1.00 bits per heavy atom. The Hall–Kier alpha value is -3.58. The van der Waals surface area contributed by atoms with Gasteiger partial charge in [0.25, 0.3) is 11.7 Å². The van der Waals surface area contributed by atoms with Crippen LogP contribution in [0.5, 0.6) is 11.5 Å². The number of methoxy groups -OCH3 is 2. The number of anilines is 1. The van der Waals surface area contributed by atoms with Crippen LogP contribution >= 0.6 is 11.3 Å². The Kier molecular flexibility index (Phi) is 6.72. The number of amides is 1. The van der Waals surface area contributed by atoms with Crippen LogP contribution in [0.1, 0.15) is 52.9 Å². The Morgan fingerprint density at radius 3 is 2.23 bits per heavy atom. The molecule has 1 aromatic heterocycles. The molecular formula is C28H29NO5S. The minimum absolute atomic E-state index is 0.0827. The van der Waals surface area contributed by atoms with E-state index in [1.807, 2.05) is 51.3 Å². The lowest BCUT2D eigenvalue weighted by Gasteiger charge is -2.25. The van der Waals surface area contributed by atoms with Gasteiger partial charge in [-0.2, -0.15) is 0 Å². The molecule has 3 aromatic rings. The highest BCUT2D eigenvalue weighted by Crippen LogP contribution is 2.46. The van der Waals surface area contributed by atoms with Gasteiger partial charge in [-0.05, 0) is 84.3 Å². The van der Waals surface area contributed by atoms with E-state index in [-0.39, 0.29) is 17.3 Å². The predicted octanol–water partition coefficient (Wildman–Crippen LogP) is 6.13. The average Bonchev–Trinajstić information content (AvgIpc) is 3.38. The van der Waals surface area contributed by atoms with E-state index in [9.17, 15) is 14.7 Å². The number of benzene rings is 2. The number of aryl methyl sites for hydroxylation is 2. The Labute approximate surface area is 209 Å². The maximum atomic E-state index is 13.4. The highest BCUT2D eigenvalue weighted by molar-refractivity contribution is 7.10. The molecule has 1 saturated heterocycles. The molecule has 0 saturated carbocycles. The summed E-state index contributed by atoms with van der Waals surface area (Å²) in [6, 6.07) is 11.9. The Morgan fingerprint density at radius 2 is 1.69 bits per heavy atom. The van der Waals surface area contributed by atoms with Crippen molar-refractivity contribution in [1.82, 2.24) is 0 Å². The highest BCUT2D eigenvalue weighted by atomic mass is 32.1. The lowest BCUT2D eigenvalue weighted by atomic mass is 9.92. The first-order valence-corrected chi connectivity index (χ1v) is 12.3. The summed E-state index contributed by atoms with van der Waals surface area (Å²) in [5.41, 5.74) is 3.76. The van der Waals surface area contributed by atoms with Crippen molar-refractivity contribution in [3.05, 3.63) is 80.5 Å². The van der Waals surface area contributed by atoms with Crippen LogP contribution in [0.25, 0.3) is 5.76 Å². The van der Waals surface area contributed by atoms with E-state index in [1.54, 1.807) is 38.5 Å². The van der Waals surface area contributed by atoms with Crippen molar-refractivity contribution in [1.29, 1.82) is 0 Å². The van der Waals surface area contributed by atoms with Crippen molar-refractivity contribution in [2.45, 2.75) is 39.7 Å². The van der Waals surface area contributed by atoms with Gasteiger partial charge >= 0.3 is 0 Å². The van der Waals surface area contributed by atoms with Gasteiger partial charge in [0, 0.05) is 16.1 Å². The second-order valence-electron chi connectivity index (χ2n) is 8.90. The monoisotopic (exact) mass is 491 g/mol. The number of hydrogen-bond acceptors (Lipinski definition) is 6. The number of nitrogens with zero attached hydrogens (tertiary/aromatic N) is 1. The van der Waals surface area contributed by atoms with Crippen molar-refractivity contribution in [3.8, 4) is 11.5 Å². The van der Waals surface area contributed by atoms with Crippen LogP contribution in [0.15, 0.2) is 53.4 Å². The second-order valence-corrected chi connectivity index (χ2v) is 9.85. The number of aliphatic hydroxyl groups is 1. The zero-order chi connectivity index (χ0) is 25.4. The molecule has 1 aliphatic heterocycles.